The Balaban J connectivity index is 2.25. The van der Waals surface area contributed by atoms with Gasteiger partial charge in [0.25, 0.3) is 0 Å². The minimum absolute atomic E-state index is 0.599. The summed E-state index contributed by atoms with van der Waals surface area (Å²) in [4.78, 5) is 1.49. The molecule has 0 saturated carbocycles. The van der Waals surface area contributed by atoms with Crippen LogP contribution in [0.5, 0.6) is 0 Å². The molecule has 3 heteroatoms. The van der Waals surface area contributed by atoms with Crippen LogP contribution in [0.1, 0.15) is 31.1 Å². The average molecular weight is 241 g/mol. The molecule has 92 valence electrons. The molecule has 0 saturated heterocycles. The van der Waals surface area contributed by atoms with Crippen molar-refractivity contribution in [3.63, 3.8) is 0 Å². The van der Waals surface area contributed by atoms with Crippen molar-refractivity contribution in [2.75, 3.05) is 20.3 Å². The van der Waals surface area contributed by atoms with Crippen molar-refractivity contribution in [2.45, 2.75) is 38.6 Å². The van der Waals surface area contributed by atoms with E-state index < -0.39 is 0 Å². The van der Waals surface area contributed by atoms with Crippen molar-refractivity contribution >= 4 is 11.3 Å². The van der Waals surface area contributed by atoms with Gasteiger partial charge in [0.1, 0.15) is 0 Å². The first-order valence-electron chi connectivity index (χ1n) is 6.11. The van der Waals surface area contributed by atoms with Crippen molar-refractivity contribution in [3.05, 3.63) is 22.4 Å². The largest absolute Gasteiger partial charge is 0.385 e. The molecule has 1 aromatic heterocycles. The Kier molecular flexibility index (Phi) is 7.47. The SMILES string of the molecule is CCCNC(CCOC)CCc1cccs1. The first kappa shape index (κ1) is 13.7. The second-order valence-corrected chi connectivity index (χ2v) is 5.08. The van der Waals surface area contributed by atoms with Crippen molar-refractivity contribution in [1.29, 1.82) is 0 Å². The maximum Gasteiger partial charge on any atom is 0.0477 e. The highest BCUT2D eigenvalue weighted by molar-refractivity contribution is 7.09. The van der Waals surface area contributed by atoms with Gasteiger partial charge in [-0.3, -0.25) is 0 Å². The molecule has 1 rings (SSSR count). The van der Waals surface area contributed by atoms with Gasteiger partial charge < -0.3 is 10.1 Å². The third-order valence-corrected chi connectivity index (χ3v) is 3.61. The number of thiophene rings is 1. The van der Waals surface area contributed by atoms with E-state index in [-0.39, 0.29) is 0 Å². The lowest BCUT2D eigenvalue weighted by atomic mass is 10.1. The molecule has 0 radical (unpaired) electrons. The zero-order chi connectivity index (χ0) is 11.6. The summed E-state index contributed by atoms with van der Waals surface area (Å²) >= 11 is 1.85. The lowest BCUT2D eigenvalue weighted by Crippen LogP contribution is -2.31. The van der Waals surface area contributed by atoms with Crippen molar-refractivity contribution < 1.29 is 4.74 Å². The van der Waals surface area contributed by atoms with E-state index in [1.54, 1.807) is 7.11 Å². The van der Waals surface area contributed by atoms with E-state index >= 15 is 0 Å². The van der Waals surface area contributed by atoms with Crippen LogP contribution in [0.15, 0.2) is 17.5 Å². The third kappa shape index (κ3) is 5.64. The zero-order valence-electron chi connectivity index (χ0n) is 10.4. The van der Waals surface area contributed by atoms with E-state index in [1.165, 1.54) is 24.1 Å². The van der Waals surface area contributed by atoms with E-state index in [0.717, 1.165) is 19.6 Å². The van der Waals surface area contributed by atoms with Gasteiger partial charge in [0.15, 0.2) is 0 Å². The van der Waals surface area contributed by atoms with Crippen molar-refractivity contribution in [2.24, 2.45) is 0 Å². The number of hydrogen-bond acceptors (Lipinski definition) is 3. The van der Waals surface area contributed by atoms with Gasteiger partial charge in [-0.1, -0.05) is 13.0 Å². The molecule has 0 aliphatic rings. The van der Waals surface area contributed by atoms with Crippen LogP contribution in [-0.4, -0.2) is 26.3 Å². The topological polar surface area (TPSA) is 21.3 Å². The average Bonchev–Trinajstić information content (AvgIpc) is 2.81. The summed E-state index contributed by atoms with van der Waals surface area (Å²) in [5.41, 5.74) is 0. The number of nitrogens with one attached hydrogen (secondary N) is 1. The summed E-state index contributed by atoms with van der Waals surface area (Å²) < 4.78 is 5.15. The Morgan fingerprint density at radius 3 is 2.94 bits per heavy atom. The summed E-state index contributed by atoms with van der Waals surface area (Å²) in [5, 5.41) is 5.74. The Labute approximate surface area is 103 Å². The second-order valence-electron chi connectivity index (χ2n) is 4.05. The fourth-order valence-corrected chi connectivity index (χ4v) is 2.45. The van der Waals surface area contributed by atoms with Crippen LogP contribution < -0.4 is 5.32 Å². The molecule has 0 fully saturated rings. The van der Waals surface area contributed by atoms with Crippen molar-refractivity contribution in [3.8, 4) is 0 Å². The van der Waals surface area contributed by atoms with E-state index in [2.05, 4.69) is 29.8 Å². The lowest BCUT2D eigenvalue weighted by Gasteiger charge is -2.17. The summed E-state index contributed by atoms with van der Waals surface area (Å²) in [6, 6.07) is 4.95. The number of hydrogen-bond donors (Lipinski definition) is 1. The van der Waals surface area contributed by atoms with Gasteiger partial charge in [-0.25, -0.2) is 0 Å². The minimum atomic E-state index is 0.599. The molecule has 0 bridgehead atoms. The maximum absolute atomic E-state index is 5.15. The number of ether oxygens (including phenoxy) is 1. The molecular formula is C13H23NOS. The standard InChI is InChI=1S/C13H23NOS/c1-3-9-14-12(8-10-15-2)6-7-13-5-4-11-16-13/h4-5,11-12,14H,3,6-10H2,1-2H3. The van der Waals surface area contributed by atoms with Gasteiger partial charge in [-0.2, -0.15) is 0 Å². The Hall–Kier alpha value is -0.380. The first-order chi connectivity index (χ1) is 7.86. The Morgan fingerprint density at radius 2 is 2.31 bits per heavy atom. The quantitative estimate of drug-likeness (QED) is 0.717. The van der Waals surface area contributed by atoms with E-state index in [1.807, 2.05) is 11.3 Å². The lowest BCUT2D eigenvalue weighted by molar-refractivity contribution is 0.181. The maximum atomic E-state index is 5.15. The summed E-state index contributed by atoms with van der Waals surface area (Å²) in [6.45, 7) is 4.17. The molecule has 16 heavy (non-hydrogen) atoms. The number of rotatable bonds is 9. The van der Waals surface area contributed by atoms with Crippen molar-refractivity contribution in [1.82, 2.24) is 5.32 Å². The number of methoxy groups -OCH3 is 1. The molecule has 0 aliphatic carbocycles. The van der Waals surface area contributed by atoms with Crippen LogP contribution in [0, 0.1) is 0 Å². The predicted octanol–water partition coefficient (Wildman–Crippen LogP) is 3.09. The monoisotopic (exact) mass is 241 g/mol. The normalized spacial score (nSPS) is 12.9. The van der Waals surface area contributed by atoms with Gasteiger partial charge in [0.2, 0.25) is 0 Å². The first-order valence-corrected chi connectivity index (χ1v) is 6.99. The zero-order valence-corrected chi connectivity index (χ0v) is 11.2. The van der Waals surface area contributed by atoms with Crippen LogP contribution in [0.4, 0.5) is 0 Å². The Bertz CT molecular complexity index is 240. The van der Waals surface area contributed by atoms with E-state index in [0.29, 0.717) is 6.04 Å². The molecule has 0 aliphatic heterocycles. The van der Waals surface area contributed by atoms with Gasteiger partial charge in [0, 0.05) is 24.6 Å². The highest BCUT2D eigenvalue weighted by Crippen LogP contribution is 2.13. The van der Waals surface area contributed by atoms with Crippen LogP contribution in [0.25, 0.3) is 0 Å². The summed E-state index contributed by atoms with van der Waals surface area (Å²) in [6.07, 6.45) is 4.71. The summed E-state index contributed by atoms with van der Waals surface area (Å²) in [5.74, 6) is 0. The fraction of sp³-hybridized carbons (Fsp3) is 0.692. The molecular weight excluding hydrogens is 218 g/mol. The molecule has 0 spiro atoms. The predicted molar refractivity (Wildman–Crippen MR) is 71.2 cm³/mol. The molecule has 1 aromatic rings. The van der Waals surface area contributed by atoms with E-state index in [9.17, 15) is 0 Å². The molecule has 2 nitrogen and oxygen atoms in total. The van der Waals surface area contributed by atoms with Gasteiger partial charge in [-0.15, -0.1) is 11.3 Å². The highest BCUT2D eigenvalue weighted by Gasteiger charge is 2.07. The van der Waals surface area contributed by atoms with Crippen LogP contribution in [-0.2, 0) is 11.2 Å². The Morgan fingerprint density at radius 1 is 1.44 bits per heavy atom. The second kappa shape index (κ2) is 8.74. The molecule has 1 unspecified atom stereocenters. The smallest absolute Gasteiger partial charge is 0.0477 e. The number of aryl methyl sites for hydroxylation is 1. The molecule has 0 amide bonds. The van der Waals surface area contributed by atoms with Gasteiger partial charge in [-0.05, 0) is 43.7 Å². The third-order valence-electron chi connectivity index (χ3n) is 2.67. The summed E-state index contributed by atoms with van der Waals surface area (Å²) in [7, 11) is 1.77. The van der Waals surface area contributed by atoms with Crippen LogP contribution in [0.2, 0.25) is 0 Å². The van der Waals surface area contributed by atoms with Gasteiger partial charge in [0.05, 0.1) is 0 Å². The molecule has 1 atom stereocenters. The fourth-order valence-electron chi connectivity index (χ4n) is 1.73. The van der Waals surface area contributed by atoms with Gasteiger partial charge >= 0.3 is 0 Å². The molecule has 1 N–H and O–H groups in total. The highest BCUT2D eigenvalue weighted by atomic mass is 32.1. The molecule has 0 aromatic carbocycles. The van der Waals surface area contributed by atoms with Crippen LogP contribution in [0.3, 0.4) is 0 Å². The molecule has 1 heterocycles. The van der Waals surface area contributed by atoms with Crippen LogP contribution >= 0.6 is 11.3 Å². The van der Waals surface area contributed by atoms with E-state index in [4.69, 9.17) is 4.74 Å². The minimum Gasteiger partial charge on any atom is -0.385 e.